The number of nitrogens with zero attached hydrogens (tertiary/aromatic N) is 1. The minimum absolute atomic E-state index is 0.0934. The average Bonchev–Trinajstić information content (AvgIpc) is 2.35. The molecule has 0 aliphatic carbocycles. The first kappa shape index (κ1) is 14.0. The monoisotopic (exact) mass is 257 g/mol. The van der Waals surface area contributed by atoms with Gasteiger partial charge in [-0.05, 0) is 6.07 Å². The van der Waals surface area contributed by atoms with Gasteiger partial charge in [0.1, 0.15) is 6.10 Å². The topological polar surface area (TPSA) is 79.6 Å². The minimum Gasteiger partial charge on any atom is -0.481 e. The van der Waals surface area contributed by atoms with Crippen LogP contribution in [0, 0.1) is 0 Å². The lowest BCUT2D eigenvalue weighted by Crippen LogP contribution is -2.21. The number of carbonyl (C=O) groups excluding carboxylic acids is 1. The molecular weight excluding hydrogens is 242 g/mol. The predicted octanol–water partition coefficient (Wildman–Crippen LogP) is 0.764. The molecule has 0 saturated heterocycles. The predicted molar refractivity (Wildman–Crippen MR) is 64.9 cm³/mol. The van der Waals surface area contributed by atoms with Gasteiger partial charge in [0, 0.05) is 30.5 Å². The molecule has 0 radical (unpaired) electrons. The van der Waals surface area contributed by atoms with E-state index in [1.807, 2.05) is 0 Å². The molecule has 1 heterocycles. The average molecular weight is 257 g/mol. The summed E-state index contributed by atoms with van der Waals surface area (Å²) in [6.07, 6.45) is -0.620. The molecule has 0 aromatic carbocycles. The van der Waals surface area contributed by atoms with Gasteiger partial charge in [0.05, 0.1) is 13.2 Å². The summed E-state index contributed by atoms with van der Waals surface area (Å²) in [5.41, 5.74) is 0.488. The Kier molecular flexibility index (Phi) is 5.40. The number of aliphatic hydroxyl groups is 2. The Morgan fingerprint density at radius 1 is 1.53 bits per heavy atom. The number of carbonyl (C=O) groups is 1. The molecule has 2 atom stereocenters. The lowest BCUT2D eigenvalue weighted by atomic mass is 10.1. The van der Waals surface area contributed by atoms with Crippen molar-refractivity contribution >= 4 is 16.9 Å². The van der Waals surface area contributed by atoms with Crippen LogP contribution in [0.2, 0.25) is 0 Å². The van der Waals surface area contributed by atoms with Crippen LogP contribution in [0.25, 0.3) is 0 Å². The van der Waals surface area contributed by atoms with Gasteiger partial charge in [-0.15, -0.1) is 0 Å². The lowest BCUT2D eigenvalue weighted by molar-refractivity contribution is -0.109. The van der Waals surface area contributed by atoms with E-state index >= 15 is 0 Å². The van der Waals surface area contributed by atoms with E-state index in [9.17, 15) is 15.0 Å². The van der Waals surface area contributed by atoms with Gasteiger partial charge >= 0.3 is 0 Å². The third kappa shape index (κ3) is 4.33. The van der Waals surface area contributed by atoms with Gasteiger partial charge in [0.15, 0.2) is 5.12 Å². The number of aromatic nitrogens is 1. The quantitative estimate of drug-likeness (QED) is 0.811. The van der Waals surface area contributed by atoms with Crippen molar-refractivity contribution < 1.29 is 19.7 Å². The Labute approximate surface area is 104 Å². The fraction of sp³-hybridized carbons (Fsp3) is 0.455. The summed E-state index contributed by atoms with van der Waals surface area (Å²) >= 11 is 0.976. The van der Waals surface area contributed by atoms with Gasteiger partial charge in [-0.1, -0.05) is 11.8 Å². The Balaban J connectivity index is 2.60. The summed E-state index contributed by atoms with van der Waals surface area (Å²) < 4.78 is 4.88. The van der Waals surface area contributed by atoms with Gasteiger partial charge in [-0.2, -0.15) is 0 Å². The standard InChI is InChI=1S/C11H15NO4S/c1-7(13)17-6-9(14)11(15)8-3-4-10(16-2)12-5-8/h3-5,9,11,14-15H,6H2,1-2H3. The molecular formula is C11H15NO4S. The van der Waals surface area contributed by atoms with Gasteiger partial charge in [-0.25, -0.2) is 4.98 Å². The number of aliphatic hydroxyl groups excluding tert-OH is 2. The molecule has 0 saturated carbocycles. The second kappa shape index (κ2) is 6.58. The first-order valence-corrected chi connectivity index (χ1v) is 6.02. The van der Waals surface area contributed by atoms with E-state index in [4.69, 9.17) is 4.74 Å². The van der Waals surface area contributed by atoms with Crippen LogP contribution in [-0.2, 0) is 4.79 Å². The minimum atomic E-state index is -1.06. The maximum Gasteiger partial charge on any atom is 0.212 e. The molecule has 0 aliphatic heterocycles. The highest BCUT2D eigenvalue weighted by Crippen LogP contribution is 2.20. The number of hydrogen-bond donors (Lipinski definition) is 2. The number of methoxy groups -OCH3 is 1. The molecule has 5 nitrogen and oxygen atoms in total. The van der Waals surface area contributed by atoms with Crippen molar-refractivity contribution in [2.24, 2.45) is 0 Å². The van der Waals surface area contributed by atoms with Crippen molar-refractivity contribution in [3.8, 4) is 5.88 Å². The van der Waals surface area contributed by atoms with E-state index in [0.29, 0.717) is 11.4 Å². The van der Waals surface area contributed by atoms with Crippen LogP contribution in [0.4, 0.5) is 0 Å². The summed E-state index contributed by atoms with van der Waals surface area (Å²) in [5.74, 6) is 0.594. The van der Waals surface area contributed by atoms with Crippen molar-refractivity contribution in [3.63, 3.8) is 0 Å². The third-order valence-corrected chi connectivity index (χ3v) is 3.05. The van der Waals surface area contributed by atoms with Crippen molar-refractivity contribution in [1.29, 1.82) is 0 Å². The Morgan fingerprint density at radius 3 is 2.71 bits per heavy atom. The fourth-order valence-electron chi connectivity index (χ4n) is 1.20. The fourth-order valence-corrected chi connectivity index (χ4v) is 1.79. The van der Waals surface area contributed by atoms with E-state index in [1.165, 1.54) is 20.2 Å². The smallest absolute Gasteiger partial charge is 0.212 e. The summed E-state index contributed by atoms with van der Waals surface area (Å²) in [5, 5.41) is 19.4. The maximum atomic E-state index is 10.7. The highest BCUT2D eigenvalue weighted by Gasteiger charge is 2.19. The van der Waals surface area contributed by atoms with Gasteiger partial charge in [-0.3, -0.25) is 4.79 Å². The van der Waals surface area contributed by atoms with Crippen LogP contribution >= 0.6 is 11.8 Å². The number of rotatable bonds is 5. The molecule has 2 unspecified atom stereocenters. The van der Waals surface area contributed by atoms with Gasteiger partial charge < -0.3 is 14.9 Å². The zero-order chi connectivity index (χ0) is 12.8. The van der Waals surface area contributed by atoms with Crippen molar-refractivity contribution in [2.45, 2.75) is 19.1 Å². The van der Waals surface area contributed by atoms with E-state index < -0.39 is 12.2 Å². The number of pyridine rings is 1. The lowest BCUT2D eigenvalue weighted by Gasteiger charge is -2.17. The first-order valence-electron chi connectivity index (χ1n) is 5.04. The van der Waals surface area contributed by atoms with Crippen LogP contribution in [-0.4, -0.2) is 39.3 Å². The van der Waals surface area contributed by atoms with E-state index in [-0.39, 0.29) is 10.9 Å². The van der Waals surface area contributed by atoms with Gasteiger partial charge in [0.2, 0.25) is 5.88 Å². The molecule has 2 N–H and O–H groups in total. The van der Waals surface area contributed by atoms with E-state index in [0.717, 1.165) is 11.8 Å². The molecule has 0 amide bonds. The van der Waals surface area contributed by atoms with E-state index in [2.05, 4.69) is 4.98 Å². The second-order valence-corrected chi connectivity index (χ2v) is 4.65. The largest absolute Gasteiger partial charge is 0.481 e. The summed E-state index contributed by atoms with van der Waals surface area (Å²) in [7, 11) is 1.50. The first-order chi connectivity index (χ1) is 8.04. The molecule has 0 fully saturated rings. The van der Waals surface area contributed by atoms with E-state index in [1.54, 1.807) is 12.1 Å². The van der Waals surface area contributed by atoms with Gasteiger partial charge in [0.25, 0.3) is 0 Å². The summed E-state index contributed by atoms with van der Waals surface area (Å²) in [4.78, 5) is 14.7. The second-order valence-electron chi connectivity index (χ2n) is 3.45. The zero-order valence-corrected chi connectivity index (χ0v) is 10.5. The highest BCUT2D eigenvalue weighted by molar-refractivity contribution is 8.13. The maximum absolute atomic E-state index is 10.7. The summed E-state index contributed by atoms with van der Waals surface area (Å²) in [6.45, 7) is 1.42. The SMILES string of the molecule is COc1ccc(C(O)C(O)CSC(C)=O)cn1. The normalized spacial score (nSPS) is 14.1. The molecule has 0 spiro atoms. The number of thioether (sulfide) groups is 1. The van der Waals surface area contributed by atoms with Crippen molar-refractivity contribution in [1.82, 2.24) is 4.98 Å². The van der Waals surface area contributed by atoms with Crippen LogP contribution in [0.3, 0.4) is 0 Å². The van der Waals surface area contributed by atoms with Crippen LogP contribution in [0.15, 0.2) is 18.3 Å². The van der Waals surface area contributed by atoms with Crippen LogP contribution in [0.1, 0.15) is 18.6 Å². The van der Waals surface area contributed by atoms with Crippen molar-refractivity contribution in [3.05, 3.63) is 23.9 Å². The molecule has 1 aromatic rings. The van der Waals surface area contributed by atoms with Crippen LogP contribution < -0.4 is 4.74 Å². The van der Waals surface area contributed by atoms with Crippen molar-refractivity contribution in [2.75, 3.05) is 12.9 Å². The molecule has 94 valence electrons. The number of ether oxygens (including phenoxy) is 1. The molecule has 0 aliphatic rings. The Hall–Kier alpha value is -1.11. The molecule has 1 aromatic heterocycles. The Morgan fingerprint density at radius 2 is 2.24 bits per heavy atom. The zero-order valence-electron chi connectivity index (χ0n) is 9.66. The molecule has 1 rings (SSSR count). The molecule has 6 heteroatoms. The Bertz CT molecular complexity index is 368. The summed E-state index contributed by atoms with van der Waals surface area (Å²) in [6, 6.07) is 3.22. The third-order valence-electron chi connectivity index (χ3n) is 2.13. The molecule has 0 bridgehead atoms. The van der Waals surface area contributed by atoms with Crippen LogP contribution in [0.5, 0.6) is 5.88 Å². The number of hydrogen-bond acceptors (Lipinski definition) is 6. The molecule has 17 heavy (non-hydrogen) atoms. The highest BCUT2D eigenvalue weighted by atomic mass is 32.2.